The van der Waals surface area contributed by atoms with E-state index in [9.17, 15) is 14.4 Å². The first-order chi connectivity index (χ1) is 9.38. The molecule has 6 heteroatoms. The third kappa shape index (κ3) is 2.79. The van der Waals surface area contributed by atoms with Gasteiger partial charge in [-0.15, -0.1) is 0 Å². The highest BCUT2D eigenvalue weighted by Gasteiger charge is 2.32. The Morgan fingerprint density at radius 2 is 2.10 bits per heavy atom. The van der Waals surface area contributed by atoms with Crippen molar-refractivity contribution in [3.8, 4) is 0 Å². The maximum Gasteiger partial charge on any atom is 0.335 e. The molecule has 1 amide bonds. The van der Waals surface area contributed by atoms with Gasteiger partial charge in [-0.05, 0) is 18.1 Å². The molecule has 0 saturated heterocycles. The molecule has 0 bridgehead atoms. The zero-order chi connectivity index (χ0) is 14.9. The largest absolute Gasteiger partial charge is 0.481 e. The van der Waals surface area contributed by atoms with Crippen LogP contribution in [0.2, 0.25) is 0 Å². The molecule has 2 atom stereocenters. The van der Waals surface area contributed by atoms with Gasteiger partial charge in [-0.3, -0.25) is 9.59 Å². The van der Waals surface area contributed by atoms with Crippen molar-refractivity contribution in [2.24, 2.45) is 11.8 Å². The van der Waals surface area contributed by atoms with E-state index < -0.39 is 17.9 Å². The van der Waals surface area contributed by atoms with Crippen LogP contribution >= 0.6 is 0 Å². The van der Waals surface area contributed by atoms with Gasteiger partial charge >= 0.3 is 11.9 Å². The molecule has 0 aromatic rings. The summed E-state index contributed by atoms with van der Waals surface area (Å²) in [6.45, 7) is 0. The number of allylic oxidation sites excluding steroid dienone is 3. The number of hydrogen-bond acceptors (Lipinski definition) is 3. The van der Waals surface area contributed by atoms with Crippen LogP contribution in [0.25, 0.3) is 0 Å². The zero-order valence-corrected chi connectivity index (χ0v) is 10.9. The molecule has 0 fully saturated rings. The molecule has 20 heavy (non-hydrogen) atoms. The van der Waals surface area contributed by atoms with Gasteiger partial charge in [0.25, 0.3) is 0 Å². The predicted octanol–water partition coefficient (Wildman–Crippen LogP) is 1.02. The number of carbonyl (C=O) groups is 3. The predicted molar refractivity (Wildman–Crippen MR) is 69.6 cm³/mol. The van der Waals surface area contributed by atoms with Crippen molar-refractivity contribution in [1.29, 1.82) is 0 Å². The number of rotatable bonds is 3. The van der Waals surface area contributed by atoms with E-state index in [1.54, 1.807) is 19.3 Å². The zero-order valence-electron chi connectivity index (χ0n) is 10.9. The minimum absolute atomic E-state index is 0.128. The number of carboxylic acid groups (broad SMARTS) is 2. The van der Waals surface area contributed by atoms with Crippen LogP contribution in [-0.2, 0) is 14.4 Å². The van der Waals surface area contributed by atoms with Crippen LogP contribution in [0, 0.1) is 11.8 Å². The van der Waals surface area contributed by atoms with E-state index in [-0.39, 0.29) is 23.8 Å². The summed E-state index contributed by atoms with van der Waals surface area (Å²) in [5, 5.41) is 17.9. The normalized spacial score (nSPS) is 25.4. The van der Waals surface area contributed by atoms with Crippen molar-refractivity contribution in [3.63, 3.8) is 0 Å². The van der Waals surface area contributed by atoms with E-state index in [2.05, 4.69) is 0 Å². The summed E-state index contributed by atoms with van der Waals surface area (Å²) < 4.78 is 0. The lowest BCUT2D eigenvalue weighted by molar-refractivity contribution is -0.143. The molecule has 1 aliphatic heterocycles. The molecular formula is C14H15NO5. The maximum absolute atomic E-state index is 12.1. The van der Waals surface area contributed by atoms with Crippen molar-refractivity contribution in [2.75, 3.05) is 7.05 Å². The lowest BCUT2D eigenvalue weighted by atomic mass is 9.84. The fraction of sp³-hybridized carbons (Fsp3) is 0.357. The monoisotopic (exact) mass is 277 g/mol. The van der Waals surface area contributed by atoms with Gasteiger partial charge in [-0.1, -0.05) is 12.2 Å². The van der Waals surface area contributed by atoms with Crippen molar-refractivity contribution >= 4 is 17.8 Å². The topological polar surface area (TPSA) is 94.9 Å². The Morgan fingerprint density at radius 1 is 1.40 bits per heavy atom. The Hall–Kier alpha value is -2.37. The molecule has 0 radical (unpaired) electrons. The number of carboxylic acids is 2. The molecule has 0 spiro atoms. The second kappa shape index (κ2) is 5.32. The summed E-state index contributed by atoms with van der Waals surface area (Å²) in [6, 6.07) is 0. The minimum atomic E-state index is -1.03. The third-order valence-electron chi connectivity index (χ3n) is 3.50. The van der Waals surface area contributed by atoms with Crippen LogP contribution < -0.4 is 0 Å². The van der Waals surface area contributed by atoms with Crippen LogP contribution in [0.5, 0.6) is 0 Å². The van der Waals surface area contributed by atoms with Gasteiger partial charge in [0.05, 0.1) is 12.0 Å². The van der Waals surface area contributed by atoms with Gasteiger partial charge < -0.3 is 15.1 Å². The molecule has 106 valence electrons. The fourth-order valence-corrected chi connectivity index (χ4v) is 2.51. The molecule has 2 aliphatic rings. The van der Waals surface area contributed by atoms with Gasteiger partial charge in [0.1, 0.15) is 0 Å². The summed E-state index contributed by atoms with van der Waals surface area (Å²) in [4.78, 5) is 35.2. The first-order valence-corrected chi connectivity index (χ1v) is 6.22. The number of amides is 1. The average molecular weight is 277 g/mol. The van der Waals surface area contributed by atoms with E-state index in [4.69, 9.17) is 10.2 Å². The quantitative estimate of drug-likeness (QED) is 0.803. The van der Waals surface area contributed by atoms with Crippen LogP contribution in [0.15, 0.2) is 35.6 Å². The molecule has 1 aliphatic carbocycles. The summed E-state index contributed by atoms with van der Waals surface area (Å²) in [7, 11) is 1.55. The maximum atomic E-state index is 12.1. The molecular weight excluding hydrogens is 262 g/mol. The summed E-state index contributed by atoms with van der Waals surface area (Å²) >= 11 is 0. The van der Waals surface area contributed by atoms with Gasteiger partial charge in [0.15, 0.2) is 0 Å². The van der Waals surface area contributed by atoms with Gasteiger partial charge in [0.2, 0.25) is 5.91 Å². The Balaban J connectivity index is 2.30. The SMILES string of the molecule is CN1C=C2C=C(C(=O)O)C=CC2CC(CC(=O)O)C1=O. The Bertz CT molecular complexity index is 558. The summed E-state index contributed by atoms with van der Waals surface area (Å²) in [6.07, 6.45) is 6.49. The van der Waals surface area contributed by atoms with Crippen molar-refractivity contribution in [2.45, 2.75) is 12.8 Å². The van der Waals surface area contributed by atoms with E-state index in [1.807, 2.05) is 0 Å². The first-order valence-electron chi connectivity index (χ1n) is 6.22. The Morgan fingerprint density at radius 3 is 2.70 bits per heavy atom. The van der Waals surface area contributed by atoms with E-state index in [0.29, 0.717) is 12.0 Å². The van der Waals surface area contributed by atoms with E-state index in [0.717, 1.165) is 0 Å². The van der Waals surface area contributed by atoms with Crippen LogP contribution in [0.3, 0.4) is 0 Å². The first kappa shape index (κ1) is 14.0. The summed E-state index contributed by atoms with van der Waals surface area (Å²) in [5.74, 6) is -3.02. The highest BCUT2D eigenvalue weighted by Crippen LogP contribution is 2.33. The number of carbonyl (C=O) groups excluding carboxylic acids is 1. The van der Waals surface area contributed by atoms with Crippen LogP contribution in [0.4, 0.5) is 0 Å². The van der Waals surface area contributed by atoms with Crippen molar-refractivity contribution in [1.82, 2.24) is 4.90 Å². The smallest absolute Gasteiger partial charge is 0.335 e. The molecule has 2 unspecified atom stereocenters. The number of fused-ring (bicyclic) bond motifs is 1. The number of hydrogen-bond donors (Lipinski definition) is 2. The van der Waals surface area contributed by atoms with Crippen molar-refractivity contribution < 1.29 is 24.6 Å². The standard InChI is InChI=1S/C14H15NO5/c1-15-7-11-5-9(14(19)20)3-2-8(11)4-10(13(15)18)6-12(16)17/h2-3,5,7-8,10H,4,6H2,1H3,(H,16,17)(H,19,20). The Kier molecular flexibility index (Phi) is 3.74. The fourth-order valence-electron chi connectivity index (χ4n) is 2.51. The second-order valence-electron chi connectivity index (χ2n) is 4.98. The molecule has 2 N–H and O–H groups in total. The molecule has 2 rings (SSSR count). The number of aliphatic carboxylic acids is 2. The van der Waals surface area contributed by atoms with E-state index in [1.165, 1.54) is 17.1 Å². The lowest BCUT2D eigenvalue weighted by Crippen LogP contribution is -2.29. The lowest BCUT2D eigenvalue weighted by Gasteiger charge is -2.19. The second-order valence-corrected chi connectivity index (χ2v) is 4.98. The van der Waals surface area contributed by atoms with Gasteiger partial charge in [-0.2, -0.15) is 0 Å². The molecule has 0 saturated carbocycles. The highest BCUT2D eigenvalue weighted by atomic mass is 16.4. The van der Waals surface area contributed by atoms with Crippen molar-refractivity contribution in [3.05, 3.63) is 35.6 Å². The highest BCUT2D eigenvalue weighted by molar-refractivity contribution is 5.91. The number of nitrogens with zero attached hydrogens (tertiary/aromatic N) is 1. The minimum Gasteiger partial charge on any atom is -0.481 e. The third-order valence-corrected chi connectivity index (χ3v) is 3.50. The Labute approximate surface area is 115 Å². The van der Waals surface area contributed by atoms with Crippen LogP contribution in [0.1, 0.15) is 12.8 Å². The molecule has 1 heterocycles. The van der Waals surface area contributed by atoms with Gasteiger partial charge in [0, 0.05) is 25.1 Å². The molecule has 6 nitrogen and oxygen atoms in total. The average Bonchev–Trinajstić information content (AvgIpc) is 2.47. The molecule has 0 aromatic heterocycles. The molecule has 0 aromatic carbocycles. The van der Waals surface area contributed by atoms with Crippen LogP contribution in [-0.4, -0.2) is 40.0 Å². The summed E-state index contributed by atoms with van der Waals surface area (Å²) in [5.41, 5.74) is 0.874. The van der Waals surface area contributed by atoms with Gasteiger partial charge in [-0.25, -0.2) is 4.79 Å². The van der Waals surface area contributed by atoms with E-state index >= 15 is 0 Å².